The predicted octanol–water partition coefficient (Wildman–Crippen LogP) is 14.6. The summed E-state index contributed by atoms with van der Waals surface area (Å²) in [4.78, 5) is 0. The Balaban J connectivity index is 1.34. The predicted molar refractivity (Wildman–Crippen MR) is 218 cm³/mol. The first-order valence-corrected chi connectivity index (χ1v) is 18.3. The molecular formula is C48H40S. The van der Waals surface area contributed by atoms with Crippen molar-refractivity contribution in [2.24, 2.45) is 0 Å². The number of benzene rings is 8. The minimum atomic E-state index is 0.0111. The van der Waals surface area contributed by atoms with E-state index in [1.54, 1.807) is 0 Å². The van der Waals surface area contributed by atoms with Crippen LogP contribution >= 0.6 is 11.3 Å². The zero-order valence-electron chi connectivity index (χ0n) is 29.1. The first kappa shape index (κ1) is 30.1. The molecule has 8 aromatic carbocycles. The molecule has 238 valence electrons. The summed E-state index contributed by atoms with van der Waals surface area (Å²) in [6.45, 7) is 14.0. The number of rotatable bonds is 2. The van der Waals surface area contributed by atoms with Gasteiger partial charge in [0.05, 0.1) is 0 Å². The van der Waals surface area contributed by atoms with E-state index in [9.17, 15) is 0 Å². The Morgan fingerprint density at radius 2 is 0.776 bits per heavy atom. The molecule has 0 radical (unpaired) electrons. The monoisotopic (exact) mass is 648 g/mol. The van der Waals surface area contributed by atoms with Gasteiger partial charge in [0.1, 0.15) is 0 Å². The van der Waals surface area contributed by atoms with E-state index in [1.807, 2.05) is 11.3 Å². The lowest BCUT2D eigenvalue weighted by Gasteiger charge is -2.26. The molecule has 9 rings (SSSR count). The average Bonchev–Trinajstić information content (AvgIpc) is 3.46. The van der Waals surface area contributed by atoms with Gasteiger partial charge in [-0.05, 0) is 87.8 Å². The van der Waals surface area contributed by atoms with Crippen LogP contribution in [-0.4, -0.2) is 0 Å². The quantitative estimate of drug-likeness (QED) is 0.164. The SMILES string of the molecule is CC(C)(C)c1c2ccccc2c(-c2ccc3c(c2)sc2c(-c4c5ccccc5c(C(C)(C)C)c5ccccc45)cccc23)c2ccccc12. The van der Waals surface area contributed by atoms with Crippen molar-refractivity contribution in [2.45, 2.75) is 52.4 Å². The molecular weight excluding hydrogens is 609 g/mol. The first-order chi connectivity index (χ1) is 23.6. The van der Waals surface area contributed by atoms with E-state index in [2.05, 4.69) is 175 Å². The van der Waals surface area contributed by atoms with Crippen LogP contribution in [0.4, 0.5) is 0 Å². The molecule has 9 aromatic rings. The third-order valence-electron chi connectivity index (χ3n) is 10.4. The summed E-state index contributed by atoms with van der Waals surface area (Å²) in [5.74, 6) is 0. The maximum atomic E-state index is 2.45. The van der Waals surface area contributed by atoms with Gasteiger partial charge in [0.2, 0.25) is 0 Å². The molecule has 0 aliphatic rings. The minimum absolute atomic E-state index is 0.0111. The number of hydrogen-bond donors (Lipinski definition) is 0. The van der Waals surface area contributed by atoms with Gasteiger partial charge in [0.15, 0.2) is 0 Å². The molecule has 0 saturated heterocycles. The van der Waals surface area contributed by atoms with Gasteiger partial charge < -0.3 is 0 Å². The topological polar surface area (TPSA) is 0 Å². The van der Waals surface area contributed by atoms with Crippen molar-refractivity contribution in [3.8, 4) is 22.3 Å². The van der Waals surface area contributed by atoms with E-state index < -0.39 is 0 Å². The molecule has 0 saturated carbocycles. The van der Waals surface area contributed by atoms with Crippen LogP contribution in [0.3, 0.4) is 0 Å². The maximum absolute atomic E-state index is 2.45. The van der Waals surface area contributed by atoms with Gasteiger partial charge in [-0.3, -0.25) is 0 Å². The van der Waals surface area contributed by atoms with E-state index in [0.29, 0.717) is 0 Å². The Morgan fingerprint density at radius 1 is 0.367 bits per heavy atom. The zero-order valence-corrected chi connectivity index (χ0v) is 29.9. The zero-order chi connectivity index (χ0) is 33.7. The van der Waals surface area contributed by atoms with Crippen LogP contribution in [0, 0.1) is 0 Å². The molecule has 0 N–H and O–H groups in total. The summed E-state index contributed by atoms with van der Waals surface area (Å²) in [7, 11) is 0. The third kappa shape index (κ3) is 4.56. The molecule has 0 fully saturated rings. The van der Waals surface area contributed by atoms with Crippen LogP contribution in [0.5, 0.6) is 0 Å². The van der Waals surface area contributed by atoms with Crippen molar-refractivity contribution in [1.82, 2.24) is 0 Å². The molecule has 1 aromatic heterocycles. The van der Waals surface area contributed by atoms with Gasteiger partial charge in [0.25, 0.3) is 0 Å². The third-order valence-corrected chi connectivity index (χ3v) is 11.6. The van der Waals surface area contributed by atoms with Gasteiger partial charge in [-0.1, -0.05) is 169 Å². The van der Waals surface area contributed by atoms with Crippen molar-refractivity contribution in [3.05, 3.63) is 145 Å². The Morgan fingerprint density at radius 3 is 1.22 bits per heavy atom. The highest BCUT2D eigenvalue weighted by atomic mass is 32.1. The van der Waals surface area contributed by atoms with Crippen LogP contribution in [0.2, 0.25) is 0 Å². The Hall–Kier alpha value is -4.98. The lowest BCUT2D eigenvalue weighted by atomic mass is 9.78. The van der Waals surface area contributed by atoms with Gasteiger partial charge >= 0.3 is 0 Å². The van der Waals surface area contributed by atoms with Crippen molar-refractivity contribution in [3.63, 3.8) is 0 Å². The van der Waals surface area contributed by atoms with E-state index in [1.165, 1.54) is 96.6 Å². The number of thiophene rings is 1. The normalized spacial score (nSPS) is 12.7. The molecule has 0 amide bonds. The van der Waals surface area contributed by atoms with Gasteiger partial charge in [-0.25, -0.2) is 0 Å². The molecule has 0 atom stereocenters. The Kier molecular flexibility index (Phi) is 6.61. The van der Waals surface area contributed by atoms with Crippen molar-refractivity contribution >= 4 is 74.6 Å². The molecule has 0 bridgehead atoms. The van der Waals surface area contributed by atoms with Crippen molar-refractivity contribution in [2.75, 3.05) is 0 Å². The van der Waals surface area contributed by atoms with Crippen LogP contribution in [0.25, 0.3) is 85.5 Å². The molecule has 1 heteroatoms. The second-order valence-corrected chi connectivity index (χ2v) is 16.7. The second kappa shape index (κ2) is 10.8. The van der Waals surface area contributed by atoms with E-state index in [-0.39, 0.29) is 10.8 Å². The summed E-state index contributed by atoms with van der Waals surface area (Å²) >= 11 is 1.94. The summed E-state index contributed by atoms with van der Waals surface area (Å²) in [5.41, 5.74) is 8.14. The molecule has 0 spiro atoms. The van der Waals surface area contributed by atoms with Gasteiger partial charge in [-0.15, -0.1) is 11.3 Å². The van der Waals surface area contributed by atoms with Crippen molar-refractivity contribution in [1.29, 1.82) is 0 Å². The Bertz CT molecular complexity index is 2660. The fraction of sp³-hybridized carbons (Fsp3) is 0.167. The summed E-state index contributed by atoms with van der Waals surface area (Å²) in [6, 6.07) is 50.2. The summed E-state index contributed by atoms with van der Waals surface area (Å²) in [6.07, 6.45) is 0. The summed E-state index contributed by atoms with van der Waals surface area (Å²) in [5, 5.41) is 13.3. The van der Waals surface area contributed by atoms with Crippen LogP contribution in [-0.2, 0) is 10.8 Å². The molecule has 0 unspecified atom stereocenters. The highest BCUT2D eigenvalue weighted by molar-refractivity contribution is 7.26. The maximum Gasteiger partial charge on any atom is 0.0434 e. The lowest BCUT2D eigenvalue weighted by Crippen LogP contribution is -2.13. The molecule has 0 aliphatic heterocycles. The van der Waals surface area contributed by atoms with Crippen LogP contribution < -0.4 is 0 Å². The van der Waals surface area contributed by atoms with Gasteiger partial charge in [0, 0.05) is 25.7 Å². The first-order valence-electron chi connectivity index (χ1n) is 17.4. The smallest absolute Gasteiger partial charge is 0.0434 e. The van der Waals surface area contributed by atoms with Crippen LogP contribution in [0.15, 0.2) is 133 Å². The van der Waals surface area contributed by atoms with E-state index in [4.69, 9.17) is 0 Å². The number of fused-ring (bicyclic) bond motifs is 7. The highest BCUT2D eigenvalue weighted by Gasteiger charge is 2.26. The lowest BCUT2D eigenvalue weighted by molar-refractivity contribution is 0.601. The second-order valence-electron chi connectivity index (χ2n) is 15.7. The number of hydrogen-bond acceptors (Lipinski definition) is 1. The minimum Gasteiger partial charge on any atom is -0.135 e. The van der Waals surface area contributed by atoms with Crippen LogP contribution in [0.1, 0.15) is 52.7 Å². The Labute approximate surface area is 292 Å². The molecule has 1 heterocycles. The molecule has 0 aliphatic carbocycles. The van der Waals surface area contributed by atoms with E-state index in [0.717, 1.165) is 0 Å². The van der Waals surface area contributed by atoms with Crippen molar-refractivity contribution < 1.29 is 0 Å². The fourth-order valence-electron chi connectivity index (χ4n) is 8.62. The molecule has 49 heavy (non-hydrogen) atoms. The van der Waals surface area contributed by atoms with E-state index >= 15 is 0 Å². The summed E-state index contributed by atoms with van der Waals surface area (Å²) < 4.78 is 2.68. The van der Waals surface area contributed by atoms with Gasteiger partial charge in [-0.2, -0.15) is 0 Å². The fourth-order valence-corrected chi connectivity index (χ4v) is 9.89. The largest absolute Gasteiger partial charge is 0.135 e. The average molecular weight is 649 g/mol. The highest BCUT2D eigenvalue weighted by Crippen LogP contribution is 2.49. The molecule has 0 nitrogen and oxygen atoms in total. The standard InChI is InChI=1S/C48H40S/c1-47(2,3)44-35-20-11-7-16-31(35)42(32-17-8-12-21-36(32)44)29-26-27-30-39-24-15-25-40(46(39)49-41(30)28-29)43-33-18-9-13-22-37(33)45(48(4,5)6)38-23-14-10-19-34(38)43/h7-28H,1-6H3.